The van der Waals surface area contributed by atoms with Crippen molar-refractivity contribution in [1.29, 1.82) is 0 Å². The minimum Gasteiger partial charge on any atom is -1.00 e. The molecule has 0 atom stereocenters. The predicted molar refractivity (Wildman–Crippen MR) is 35.4 cm³/mol. The third-order valence-electron chi connectivity index (χ3n) is 0.726. The summed E-state index contributed by atoms with van der Waals surface area (Å²) in [6.07, 6.45) is 0. The molecule has 0 amide bonds. The largest absolute Gasteiger partial charge is 1.00 e. The number of halogens is 1. The van der Waals surface area contributed by atoms with Crippen LogP contribution >= 0.6 is 0 Å². The highest BCUT2D eigenvalue weighted by Gasteiger charge is 2.01. The maximum absolute atomic E-state index is 5.19. The molecule has 0 unspecified atom stereocenters. The van der Waals surface area contributed by atoms with Gasteiger partial charge in [-0.05, 0) is 0 Å². The van der Waals surface area contributed by atoms with Crippen LogP contribution in [0.1, 0.15) is 0 Å². The van der Waals surface area contributed by atoms with E-state index in [0.29, 0.717) is 0 Å². The van der Waals surface area contributed by atoms with Crippen molar-refractivity contribution in [2.24, 2.45) is 0 Å². The molecule has 0 aromatic carbocycles. The molecule has 7 nitrogen and oxygen atoms in total. The lowest BCUT2D eigenvalue weighted by Gasteiger charge is -1.87. The summed E-state index contributed by atoms with van der Waals surface area (Å²) < 4.78 is 0. The first-order valence-corrected chi connectivity index (χ1v) is 2.26. The molecule has 0 aliphatic carbocycles. The molecule has 0 saturated heterocycles. The molecule has 0 aliphatic rings. The summed E-state index contributed by atoms with van der Waals surface area (Å²) in [5.41, 5.74) is 15.5. The van der Waals surface area contributed by atoms with Gasteiger partial charge >= 0.3 is 17.8 Å². The molecule has 1 heterocycles. The quantitative estimate of drug-likeness (QED) is 0.402. The van der Waals surface area contributed by atoms with Gasteiger partial charge in [0.25, 0.3) is 0 Å². The van der Waals surface area contributed by atoms with Gasteiger partial charge in [0, 0.05) is 0 Å². The Labute approximate surface area is 79.7 Å². The molecule has 9 N–H and O–H groups in total. The van der Waals surface area contributed by atoms with E-state index in [1.165, 1.54) is 0 Å². The first-order chi connectivity index (χ1) is 4.18. The van der Waals surface area contributed by atoms with Crippen LogP contribution < -0.4 is 46.2 Å². The maximum atomic E-state index is 5.19. The molecule has 1 rings (SSSR count). The lowest BCUT2D eigenvalue weighted by molar-refractivity contribution is -0.350. The molecular weight excluding hydrogens is 263 g/mol. The number of anilines is 3. The third kappa shape index (κ3) is 3.72. The highest BCUT2D eigenvalue weighted by atomic mass is 127. The van der Waals surface area contributed by atoms with E-state index < -0.39 is 0 Å². The average Bonchev–Trinajstić information content (AvgIpc) is 1.59. The standard InChI is InChI=1S/C3H6N6.HI.H2O/c4-1-7-2(5)9-3(6)8-1;;/h(H6,4,5,6,7,8,9);1H;1H2. The number of nitrogens with one attached hydrogen (secondary N) is 1. The number of nitrogen functional groups attached to an aromatic ring is 3. The second-order valence-corrected chi connectivity index (χ2v) is 1.48. The number of hydrogen-bond donors (Lipinski definition) is 3. The Morgan fingerprint density at radius 2 is 1.36 bits per heavy atom. The SMILES string of the molecule is Nc1nc(N)[nH+]c(N)n1.O.[I-]. The number of nitrogens with two attached hydrogens (primary N) is 3. The number of aromatic nitrogens is 3. The first-order valence-electron chi connectivity index (χ1n) is 2.26. The molecule has 8 heteroatoms. The van der Waals surface area contributed by atoms with Crippen LogP contribution in [-0.2, 0) is 0 Å². The second-order valence-electron chi connectivity index (χ2n) is 1.48. The van der Waals surface area contributed by atoms with Gasteiger partial charge in [0.2, 0.25) is 0 Å². The van der Waals surface area contributed by atoms with Crippen molar-refractivity contribution in [2.45, 2.75) is 0 Å². The summed E-state index contributed by atoms with van der Waals surface area (Å²) in [4.78, 5) is 9.55. The van der Waals surface area contributed by atoms with Crippen LogP contribution in [-0.4, -0.2) is 15.4 Å². The number of aromatic amines is 1. The zero-order chi connectivity index (χ0) is 6.85. The van der Waals surface area contributed by atoms with Crippen molar-refractivity contribution >= 4 is 17.8 Å². The minimum absolute atomic E-state index is 0. The van der Waals surface area contributed by atoms with E-state index in [2.05, 4.69) is 15.0 Å². The Hall–Kier alpha value is -0.900. The molecule has 11 heavy (non-hydrogen) atoms. The summed E-state index contributed by atoms with van der Waals surface area (Å²) in [5, 5.41) is 0. The van der Waals surface area contributed by atoms with Crippen LogP contribution in [0.5, 0.6) is 0 Å². The summed E-state index contributed by atoms with van der Waals surface area (Å²) in [5.74, 6) is 0.406. The van der Waals surface area contributed by atoms with Gasteiger partial charge in [-0.1, -0.05) is 9.97 Å². The van der Waals surface area contributed by atoms with Gasteiger partial charge in [0.1, 0.15) is 0 Å². The molecule has 0 spiro atoms. The average molecular weight is 272 g/mol. The molecule has 0 saturated carbocycles. The van der Waals surface area contributed by atoms with Crippen LogP contribution in [0.2, 0.25) is 0 Å². The predicted octanol–water partition coefficient (Wildman–Crippen LogP) is -5.78. The molecule has 1 aromatic heterocycles. The lowest BCUT2D eigenvalue weighted by atomic mass is 10.9. The fourth-order valence-electron chi connectivity index (χ4n) is 0.459. The fraction of sp³-hybridized carbons (Fsp3) is 0. The van der Waals surface area contributed by atoms with Crippen LogP contribution in [0.4, 0.5) is 17.8 Å². The molecule has 0 fully saturated rings. The third-order valence-corrected chi connectivity index (χ3v) is 0.726. The summed E-state index contributed by atoms with van der Waals surface area (Å²) in [6, 6.07) is 0. The van der Waals surface area contributed by atoms with Gasteiger partial charge in [-0.15, -0.1) is 0 Å². The van der Waals surface area contributed by atoms with E-state index >= 15 is 0 Å². The van der Waals surface area contributed by atoms with E-state index in [-0.39, 0.29) is 47.3 Å². The summed E-state index contributed by atoms with van der Waals surface area (Å²) in [6.45, 7) is 0. The number of H-pyrrole nitrogens is 1. The summed E-state index contributed by atoms with van der Waals surface area (Å²) >= 11 is 0. The van der Waals surface area contributed by atoms with E-state index in [1.807, 2.05) is 0 Å². The van der Waals surface area contributed by atoms with Crippen LogP contribution in [0.25, 0.3) is 0 Å². The minimum atomic E-state index is 0. The topological polar surface area (TPSA) is 149 Å². The Kier molecular flexibility index (Phi) is 5.62. The highest BCUT2D eigenvalue weighted by Crippen LogP contribution is 1.91. The van der Waals surface area contributed by atoms with Gasteiger partial charge in [0.05, 0.1) is 0 Å². The van der Waals surface area contributed by atoms with Gasteiger partial charge in [-0.2, -0.15) is 0 Å². The molecule has 0 radical (unpaired) electrons. The van der Waals surface area contributed by atoms with E-state index in [9.17, 15) is 0 Å². The second kappa shape index (κ2) is 4.85. The van der Waals surface area contributed by atoms with Crippen molar-refractivity contribution in [3.8, 4) is 0 Å². The van der Waals surface area contributed by atoms with Crippen molar-refractivity contribution in [3.63, 3.8) is 0 Å². The molecule has 64 valence electrons. The van der Waals surface area contributed by atoms with E-state index in [0.717, 1.165) is 0 Å². The van der Waals surface area contributed by atoms with Gasteiger partial charge in [0.15, 0.2) is 0 Å². The van der Waals surface area contributed by atoms with E-state index in [4.69, 9.17) is 17.2 Å². The summed E-state index contributed by atoms with van der Waals surface area (Å²) in [7, 11) is 0. The zero-order valence-corrected chi connectivity index (χ0v) is 7.66. The van der Waals surface area contributed by atoms with Gasteiger partial charge in [-0.25, -0.2) is 4.98 Å². The maximum Gasteiger partial charge on any atom is 0.320 e. The molecular formula is C3H9IN6O. The monoisotopic (exact) mass is 272 g/mol. The molecule has 0 aliphatic heterocycles. The normalized spacial score (nSPS) is 7.64. The number of rotatable bonds is 0. The Balaban J connectivity index is 0. The number of hydrogen-bond acceptors (Lipinski definition) is 5. The zero-order valence-electron chi connectivity index (χ0n) is 5.50. The lowest BCUT2D eigenvalue weighted by Crippen LogP contribution is -3.00. The van der Waals surface area contributed by atoms with Crippen LogP contribution in [0.15, 0.2) is 0 Å². The van der Waals surface area contributed by atoms with Gasteiger partial charge < -0.3 is 46.7 Å². The highest BCUT2D eigenvalue weighted by molar-refractivity contribution is 5.25. The van der Waals surface area contributed by atoms with Crippen LogP contribution in [0, 0.1) is 0 Å². The van der Waals surface area contributed by atoms with Crippen molar-refractivity contribution < 1.29 is 34.4 Å². The number of nitrogens with zero attached hydrogens (tertiary/aromatic N) is 2. The Morgan fingerprint density at radius 1 is 1.00 bits per heavy atom. The molecule has 0 bridgehead atoms. The fourth-order valence-corrected chi connectivity index (χ4v) is 0.459. The van der Waals surface area contributed by atoms with Crippen molar-refractivity contribution in [1.82, 2.24) is 9.97 Å². The Morgan fingerprint density at radius 3 is 1.64 bits per heavy atom. The smallest absolute Gasteiger partial charge is 0.320 e. The van der Waals surface area contributed by atoms with Gasteiger partial charge in [-0.3, -0.25) is 0 Å². The first kappa shape index (κ1) is 12.7. The molecule has 1 aromatic rings. The van der Waals surface area contributed by atoms with Crippen molar-refractivity contribution in [3.05, 3.63) is 0 Å². The van der Waals surface area contributed by atoms with E-state index in [1.54, 1.807) is 0 Å². The Bertz CT molecular complexity index is 179. The van der Waals surface area contributed by atoms with Crippen LogP contribution in [0.3, 0.4) is 0 Å². The van der Waals surface area contributed by atoms with Crippen molar-refractivity contribution in [2.75, 3.05) is 17.2 Å².